The van der Waals surface area contributed by atoms with Gasteiger partial charge in [-0.05, 0) is 51.0 Å². The third kappa shape index (κ3) is 4.81. The standard InChI is InChI=1S/C13H13F3O/c1-12(2,3)17-9-8-10-4-6-11(7-5-10)13(14,15)16/h4-7H,1-3H3. The van der Waals surface area contributed by atoms with Gasteiger partial charge in [-0.2, -0.15) is 13.2 Å². The number of alkyl halides is 3. The molecule has 0 unspecified atom stereocenters. The Bertz CT molecular complexity index is 427. The topological polar surface area (TPSA) is 9.23 Å². The maximum Gasteiger partial charge on any atom is 0.416 e. The van der Waals surface area contributed by atoms with E-state index in [-0.39, 0.29) is 5.60 Å². The van der Waals surface area contributed by atoms with Crippen molar-refractivity contribution >= 4 is 0 Å². The second kappa shape index (κ2) is 4.70. The zero-order valence-corrected chi connectivity index (χ0v) is 9.85. The number of benzene rings is 1. The predicted molar refractivity (Wildman–Crippen MR) is 59.2 cm³/mol. The monoisotopic (exact) mass is 242 g/mol. The van der Waals surface area contributed by atoms with Gasteiger partial charge in [0.15, 0.2) is 0 Å². The van der Waals surface area contributed by atoms with E-state index in [0.717, 1.165) is 12.1 Å². The first-order valence-corrected chi connectivity index (χ1v) is 5.05. The lowest BCUT2D eigenvalue weighted by Crippen LogP contribution is -2.15. The van der Waals surface area contributed by atoms with Crippen LogP contribution < -0.4 is 0 Å². The highest BCUT2D eigenvalue weighted by molar-refractivity contribution is 5.36. The number of halogens is 3. The summed E-state index contributed by atoms with van der Waals surface area (Å²) in [7, 11) is 0. The second-order valence-corrected chi connectivity index (χ2v) is 4.52. The molecule has 0 amide bonds. The Balaban J connectivity index is 2.76. The molecule has 0 heterocycles. The molecule has 0 aromatic heterocycles. The van der Waals surface area contributed by atoms with Crippen LogP contribution in [0.3, 0.4) is 0 Å². The van der Waals surface area contributed by atoms with Gasteiger partial charge in [-0.15, -0.1) is 0 Å². The molecule has 0 N–H and O–H groups in total. The van der Waals surface area contributed by atoms with Crippen LogP contribution in [0.25, 0.3) is 0 Å². The summed E-state index contributed by atoms with van der Waals surface area (Å²) < 4.78 is 41.9. The van der Waals surface area contributed by atoms with Crippen molar-refractivity contribution in [3.8, 4) is 12.0 Å². The molecular weight excluding hydrogens is 229 g/mol. The van der Waals surface area contributed by atoms with Crippen LogP contribution in [0.2, 0.25) is 0 Å². The first kappa shape index (κ1) is 13.4. The Morgan fingerprint density at radius 1 is 1.00 bits per heavy atom. The highest BCUT2D eigenvalue weighted by atomic mass is 19.4. The van der Waals surface area contributed by atoms with Crippen LogP contribution in [0.15, 0.2) is 24.3 Å². The molecule has 92 valence electrons. The van der Waals surface area contributed by atoms with Gasteiger partial charge >= 0.3 is 6.18 Å². The quantitative estimate of drug-likeness (QED) is 0.628. The molecule has 0 saturated heterocycles. The maximum atomic E-state index is 12.3. The summed E-state index contributed by atoms with van der Waals surface area (Å²) in [5.74, 6) is 2.64. The summed E-state index contributed by atoms with van der Waals surface area (Å²) in [5.41, 5.74) is -0.583. The molecule has 0 aliphatic heterocycles. The molecule has 0 radical (unpaired) electrons. The number of hydrogen-bond donors (Lipinski definition) is 0. The molecule has 1 aromatic rings. The fourth-order valence-corrected chi connectivity index (χ4v) is 0.980. The lowest BCUT2D eigenvalue weighted by atomic mass is 10.1. The summed E-state index contributed by atoms with van der Waals surface area (Å²) in [6.45, 7) is 5.53. The summed E-state index contributed by atoms with van der Waals surface area (Å²) in [6, 6.07) is 4.64. The molecule has 1 nitrogen and oxygen atoms in total. The van der Waals surface area contributed by atoms with Crippen molar-refractivity contribution in [3.05, 3.63) is 35.4 Å². The van der Waals surface area contributed by atoms with Crippen LogP contribution >= 0.6 is 0 Å². The Morgan fingerprint density at radius 3 is 1.94 bits per heavy atom. The van der Waals surface area contributed by atoms with Crippen molar-refractivity contribution in [1.82, 2.24) is 0 Å². The zero-order chi connectivity index (χ0) is 13.1. The Hall–Kier alpha value is -1.63. The van der Waals surface area contributed by atoms with Gasteiger partial charge in [0.1, 0.15) is 11.7 Å². The number of rotatable bonds is 0. The molecule has 0 atom stereocenters. The van der Waals surface area contributed by atoms with Gasteiger partial charge in [0, 0.05) is 5.56 Å². The SMILES string of the molecule is CC(C)(C)OC#Cc1ccc(C(F)(F)F)cc1. The third-order valence-corrected chi connectivity index (χ3v) is 1.76. The largest absolute Gasteiger partial charge is 0.441 e. The molecule has 4 heteroatoms. The van der Waals surface area contributed by atoms with Crippen molar-refractivity contribution in [2.45, 2.75) is 32.5 Å². The van der Waals surface area contributed by atoms with E-state index in [1.807, 2.05) is 20.8 Å². The molecule has 0 saturated carbocycles. The van der Waals surface area contributed by atoms with Gasteiger partial charge < -0.3 is 4.74 Å². The molecule has 0 fully saturated rings. The minimum Gasteiger partial charge on any atom is -0.441 e. The highest BCUT2D eigenvalue weighted by Gasteiger charge is 2.29. The van der Waals surface area contributed by atoms with Crippen LogP contribution in [0.4, 0.5) is 13.2 Å². The van der Waals surface area contributed by atoms with E-state index in [0.29, 0.717) is 5.56 Å². The Morgan fingerprint density at radius 2 is 1.53 bits per heavy atom. The lowest BCUT2D eigenvalue weighted by Gasteiger charge is -2.14. The van der Waals surface area contributed by atoms with E-state index >= 15 is 0 Å². The van der Waals surface area contributed by atoms with E-state index in [9.17, 15) is 13.2 Å². The average molecular weight is 242 g/mol. The van der Waals surface area contributed by atoms with E-state index in [2.05, 4.69) is 12.0 Å². The number of hydrogen-bond acceptors (Lipinski definition) is 1. The summed E-state index contributed by atoms with van der Waals surface area (Å²) in [4.78, 5) is 0. The first-order valence-electron chi connectivity index (χ1n) is 5.05. The van der Waals surface area contributed by atoms with Crippen molar-refractivity contribution < 1.29 is 17.9 Å². The molecule has 0 aliphatic carbocycles. The van der Waals surface area contributed by atoms with Gasteiger partial charge in [0.25, 0.3) is 0 Å². The summed E-state index contributed by atoms with van der Waals surface area (Å²) >= 11 is 0. The van der Waals surface area contributed by atoms with Crippen molar-refractivity contribution in [2.75, 3.05) is 0 Å². The molecule has 1 aromatic carbocycles. The minimum atomic E-state index is -4.31. The third-order valence-electron chi connectivity index (χ3n) is 1.76. The minimum absolute atomic E-state index is 0.390. The zero-order valence-electron chi connectivity index (χ0n) is 9.85. The Labute approximate surface area is 98.6 Å². The summed E-state index contributed by atoms with van der Waals surface area (Å²) in [6.07, 6.45) is -1.84. The van der Waals surface area contributed by atoms with E-state index < -0.39 is 11.7 Å². The highest BCUT2D eigenvalue weighted by Crippen LogP contribution is 2.28. The van der Waals surface area contributed by atoms with Gasteiger partial charge in [0.05, 0.1) is 5.56 Å². The normalized spacial score (nSPS) is 11.6. The van der Waals surface area contributed by atoms with Crippen LogP contribution in [0.1, 0.15) is 31.9 Å². The lowest BCUT2D eigenvalue weighted by molar-refractivity contribution is -0.137. The number of ether oxygens (including phenoxy) is 1. The Kier molecular flexibility index (Phi) is 3.72. The van der Waals surface area contributed by atoms with Gasteiger partial charge in [-0.25, -0.2) is 0 Å². The van der Waals surface area contributed by atoms with Crippen molar-refractivity contribution in [3.63, 3.8) is 0 Å². The van der Waals surface area contributed by atoms with Gasteiger partial charge in [0.2, 0.25) is 0 Å². The first-order chi connectivity index (χ1) is 7.68. The van der Waals surface area contributed by atoms with Crippen LogP contribution in [0.5, 0.6) is 0 Å². The second-order valence-electron chi connectivity index (χ2n) is 4.52. The molecule has 0 bridgehead atoms. The van der Waals surface area contributed by atoms with E-state index in [1.54, 1.807) is 0 Å². The molecule has 0 spiro atoms. The molecular formula is C13H13F3O. The van der Waals surface area contributed by atoms with Crippen LogP contribution in [-0.4, -0.2) is 5.60 Å². The molecule has 1 rings (SSSR count). The van der Waals surface area contributed by atoms with Gasteiger partial charge in [-0.1, -0.05) is 0 Å². The van der Waals surface area contributed by atoms with E-state index in [4.69, 9.17) is 4.74 Å². The van der Waals surface area contributed by atoms with Crippen LogP contribution in [0, 0.1) is 12.0 Å². The van der Waals surface area contributed by atoms with Gasteiger partial charge in [-0.3, -0.25) is 0 Å². The fraction of sp³-hybridized carbons (Fsp3) is 0.385. The maximum absolute atomic E-state index is 12.3. The summed E-state index contributed by atoms with van der Waals surface area (Å²) in [5, 5.41) is 0. The van der Waals surface area contributed by atoms with Crippen molar-refractivity contribution in [1.29, 1.82) is 0 Å². The molecule has 0 aliphatic rings. The fourth-order valence-electron chi connectivity index (χ4n) is 0.980. The average Bonchev–Trinajstić information content (AvgIpc) is 2.15. The van der Waals surface area contributed by atoms with E-state index in [1.165, 1.54) is 12.1 Å². The molecule has 17 heavy (non-hydrogen) atoms. The smallest absolute Gasteiger partial charge is 0.416 e. The van der Waals surface area contributed by atoms with Crippen molar-refractivity contribution in [2.24, 2.45) is 0 Å². The van der Waals surface area contributed by atoms with Crippen LogP contribution in [-0.2, 0) is 10.9 Å². The predicted octanol–water partition coefficient (Wildman–Crippen LogP) is 3.83.